The van der Waals surface area contributed by atoms with Crippen molar-refractivity contribution in [1.29, 1.82) is 0 Å². The summed E-state index contributed by atoms with van der Waals surface area (Å²) in [6.45, 7) is 0. The summed E-state index contributed by atoms with van der Waals surface area (Å²) < 4.78 is 0. The molecule has 22 heavy (non-hydrogen) atoms. The standard InChI is InChI=1S/C19H24O2S/c20-18(21)17(22-16-4-2-1-3-5-16)12-19-9-13-6-14(10-19)8-15(7-13)11-19/h1-5,13-15,17H,6-12H2,(H,20,21). The largest absolute Gasteiger partial charge is 0.480 e. The van der Waals surface area contributed by atoms with Gasteiger partial charge in [-0.1, -0.05) is 18.2 Å². The first-order valence-electron chi connectivity index (χ1n) is 8.56. The summed E-state index contributed by atoms with van der Waals surface area (Å²) in [6.07, 6.45) is 8.99. The highest BCUT2D eigenvalue weighted by atomic mass is 32.2. The highest BCUT2D eigenvalue weighted by molar-refractivity contribution is 8.00. The molecule has 1 N–H and O–H groups in total. The van der Waals surface area contributed by atoms with Gasteiger partial charge in [0.1, 0.15) is 5.25 Å². The van der Waals surface area contributed by atoms with E-state index in [4.69, 9.17) is 0 Å². The van der Waals surface area contributed by atoms with Gasteiger partial charge in [-0.25, -0.2) is 0 Å². The van der Waals surface area contributed by atoms with E-state index in [1.165, 1.54) is 38.5 Å². The molecule has 0 aliphatic heterocycles. The molecule has 5 rings (SSSR count). The molecule has 0 radical (unpaired) electrons. The van der Waals surface area contributed by atoms with Crippen LogP contribution in [0.2, 0.25) is 0 Å². The molecular weight excluding hydrogens is 292 g/mol. The monoisotopic (exact) mass is 316 g/mol. The normalized spacial score (nSPS) is 37.2. The Morgan fingerprint density at radius 3 is 2.14 bits per heavy atom. The number of rotatable bonds is 5. The van der Waals surface area contributed by atoms with E-state index in [-0.39, 0.29) is 5.25 Å². The van der Waals surface area contributed by atoms with Crippen LogP contribution in [0.5, 0.6) is 0 Å². The van der Waals surface area contributed by atoms with Gasteiger partial charge >= 0.3 is 5.97 Å². The van der Waals surface area contributed by atoms with Crippen LogP contribution in [0.25, 0.3) is 0 Å². The minimum Gasteiger partial charge on any atom is -0.480 e. The van der Waals surface area contributed by atoms with Crippen molar-refractivity contribution in [3.63, 3.8) is 0 Å². The lowest BCUT2D eigenvalue weighted by atomic mass is 9.48. The average molecular weight is 316 g/mol. The van der Waals surface area contributed by atoms with E-state index < -0.39 is 5.97 Å². The van der Waals surface area contributed by atoms with Gasteiger partial charge in [0, 0.05) is 4.90 Å². The van der Waals surface area contributed by atoms with Crippen LogP contribution in [0.3, 0.4) is 0 Å². The van der Waals surface area contributed by atoms with Crippen LogP contribution in [-0.2, 0) is 4.79 Å². The highest BCUT2D eigenvalue weighted by Gasteiger charge is 2.51. The maximum atomic E-state index is 11.8. The molecule has 1 aromatic rings. The topological polar surface area (TPSA) is 37.3 Å². The molecule has 0 amide bonds. The molecule has 4 fully saturated rings. The van der Waals surface area contributed by atoms with E-state index in [0.717, 1.165) is 29.1 Å². The van der Waals surface area contributed by atoms with Gasteiger partial charge in [-0.15, -0.1) is 11.8 Å². The second-order valence-electron chi connectivity index (χ2n) is 7.88. The lowest BCUT2D eigenvalue weighted by molar-refractivity contribution is -0.138. The zero-order chi connectivity index (χ0) is 15.2. The summed E-state index contributed by atoms with van der Waals surface area (Å²) >= 11 is 1.55. The lowest BCUT2D eigenvalue weighted by Gasteiger charge is -2.57. The van der Waals surface area contributed by atoms with E-state index >= 15 is 0 Å². The van der Waals surface area contributed by atoms with Crippen molar-refractivity contribution in [3.05, 3.63) is 30.3 Å². The van der Waals surface area contributed by atoms with Crippen LogP contribution in [0.1, 0.15) is 44.9 Å². The van der Waals surface area contributed by atoms with Crippen molar-refractivity contribution in [2.45, 2.75) is 55.1 Å². The first-order chi connectivity index (χ1) is 10.6. The van der Waals surface area contributed by atoms with Gasteiger partial charge in [-0.2, -0.15) is 0 Å². The highest BCUT2D eigenvalue weighted by Crippen LogP contribution is 2.62. The fraction of sp³-hybridized carbons (Fsp3) is 0.632. The minimum atomic E-state index is -0.635. The van der Waals surface area contributed by atoms with E-state index in [1.807, 2.05) is 30.3 Å². The number of aliphatic carboxylic acids is 1. The van der Waals surface area contributed by atoms with Crippen LogP contribution in [0, 0.1) is 23.2 Å². The SMILES string of the molecule is O=C(O)C(CC12CC3CC(CC(C3)C1)C2)Sc1ccccc1. The molecule has 2 nitrogen and oxygen atoms in total. The molecule has 4 saturated carbocycles. The van der Waals surface area contributed by atoms with E-state index in [1.54, 1.807) is 11.8 Å². The maximum absolute atomic E-state index is 11.8. The van der Waals surface area contributed by atoms with Gasteiger partial charge in [0.05, 0.1) is 0 Å². The van der Waals surface area contributed by atoms with E-state index in [2.05, 4.69) is 0 Å². The summed E-state index contributed by atoms with van der Waals surface area (Å²) in [7, 11) is 0. The zero-order valence-corrected chi connectivity index (χ0v) is 13.7. The lowest BCUT2D eigenvalue weighted by Crippen LogP contribution is -2.47. The molecule has 3 heteroatoms. The number of benzene rings is 1. The fourth-order valence-corrected chi connectivity index (χ4v) is 6.96. The summed E-state index contributed by atoms with van der Waals surface area (Å²) in [5.74, 6) is 2.04. The number of carbonyl (C=O) groups is 1. The summed E-state index contributed by atoms with van der Waals surface area (Å²) in [5.41, 5.74) is 0.333. The second kappa shape index (κ2) is 5.59. The Kier molecular flexibility index (Phi) is 3.72. The van der Waals surface area contributed by atoms with Gasteiger partial charge in [0.25, 0.3) is 0 Å². The number of carboxylic acid groups (broad SMARTS) is 1. The predicted molar refractivity (Wildman–Crippen MR) is 88.9 cm³/mol. The van der Waals surface area contributed by atoms with Crippen LogP contribution >= 0.6 is 11.8 Å². The molecule has 4 aliphatic rings. The number of hydrogen-bond donors (Lipinski definition) is 1. The maximum Gasteiger partial charge on any atom is 0.317 e. The van der Waals surface area contributed by atoms with Crippen molar-refractivity contribution in [2.75, 3.05) is 0 Å². The Bertz CT molecular complexity index is 519. The third-order valence-corrected chi connectivity index (χ3v) is 7.28. The number of hydrogen-bond acceptors (Lipinski definition) is 2. The van der Waals surface area contributed by atoms with Crippen molar-refractivity contribution >= 4 is 17.7 Å². The summed E-state index contributed by atoms with van der Waals surface area (Å²) in [5, 5.41) is 9.42. The van der Waals surface area contributed by atoms with Gasteiger partial charge in [-0.05, 0) is 80.2 Å². The Labute approximate surface area is 136 Å². The third kappa shape index (κ3) is 2.80. The molecule has 1 atom stereocenters. The molecule has 0 heterocycles. The van der Waals surface area contributed by atoms with Crippen molar-refractivity contribution in [2.24, 2.45) is 23.2 Å². The first kappa shape index (κ1) is 14.6. The van der Waals surface area contributed by atoms with Gasteiger partial charge in [0.2, 0.25) is 0 Å². The molecule has 0 aromatic heterocycles. The van der Waals surface area contributed by atoms with E-state index in [9.17, 15) is 9.90 Å². The number of carboxylic acids is 1. The Morgan fingerprint density at radius 2 is 1.64 bits per heavy atom. The van der Waals surface area contributed by atoms with E-state index in [0.29, 0.717) is 5.41 Å². The Balaban J connectivity index is 1.51. The van der Waals surface area contributed by atoms with Crippen LogP contribution < -0.4 is 0 Å². The molecule has 4 bridgehead atoms. The molecular formula is C19H24O2S. The average Bonchev–Trinajstić information content (AvgIpc) is 2.46. The fourth-order valence-electron chi connectivity index (χ4n) is 5.78. The van der Waals surface area contributed by atoms with Crippen molar-refractivity contribution in [1.82, 2.24) is 0 Å². The van der Waals surface area contributed by atoms with Crippen LogP contribution in [0.15, 0.2) is 35.2 Å². The van der Waals surface area contributed by atoms with Crippen LogP contribution in [0.4, 0.5) is 0 Å². The Hall–Kier alpha value is -0.960. The van der Waals surface area contributed by atoms with Crippen LogP contribution in [-0.4, -0.2) is 16.3 Å². The number of thioether (sulfide) groups is 1. The van der Waals surface area contributed by atoms with Gasteiger partial charge in [-0.3, -0.25) is 4.79 Å². The molecule has 118 valence electrons. The minimum absolute atomic E-state index is 0.293. The van der Waals surface area contributed by atoms with Gasteiger partial charge < -0.3 is 5.11 Å². The van der Waals surface area contributed by atoms with Gasteiger partial charge in [0.15, 0.2) is 0 Å². The predicted octanol–water partition coefficient (Wildman–Crippen LogP) is 4.84. The summed E-state index contributed by atoms with van der Waals surface area (Å²) in [4.78, 5) is 12.9. The first-order valence-corrected chi connectivity index (χ1v) is 9.44. The molecule has 0 saturated heterocycles. The quantitative estimate of drug-likeness (QED) is 0.790. The zero-order valence-electron chi connectivity index (χ0n) is 12.9. The smallest absolute Gasteiger partial charge is 0.317 e. The molecule has 4 aliphatic carbocycles. The third-order valence-electron chi connectivity index (χ3n) is 6.08. The van der Waals surface area contributed by atoms with Crippen molar-refractivity contribution < 1.29 is 9.90 Å². The molecule has 1 unspecified atom stereocenters. The Morgan fingerprint density at radius 1 is 1.09 bits per heavy atom. The molecule has 0 spiro atoms. The molecule has 1 aromatic carbocycles. The van der Waals surface area contributed by atoms with Crippen molar-refractivity contribution in [3.8, 4) is 0 Å². The summed E-state index contributed by atoms with van der Waals surface area (Å²) in [6, 6.07) is 10.0. The second-order valence-corrected chi connectivity index (χ2v) is 9.16.